The van der Waals surface area contributed by atoms with Gasteiger partial charge in [0.15, 0.2) is 0 Å². The van der Waals surface area contributed by atoms with E-state index >= 15 is 0 Å². The first-order chi connectivity index (χ1) is 28.0. The predicted molar refractivity (Wildman–Crippen MR) is 240 cm³/mol. The summed E-state index contributed by atoms with van der Waals surface area (Å²) in [5, 5.41) is 4.68. The van der Waals surface area contributed by atoms with Gasteiger partial charge in [-0.25, -0.2) is 0 Å². The lowest BCUT2D eigenvalue weighted by Gasteiger charge is -2.30. The smallest absolute Gasteiger partial charge is 0.136 e. The van der Waals surface area contributed by atoms with Gasteiger partial charge in [0.05, 0.1) is 5.69 Å². The Morgan fingerprint density at radius 1 is 0.404 bits per heavy atom. The summed E-state index contributed by atoms with van der Waals surface area (Å²) in [7, 11) is 0. The number of fused-ring (bicyclic) bond motifs is 7. The van der Waals surface area contributed by atoms with Crippen LogP contribution >= 0.6 is 0 Å². The number of nitrogens with zero attached hydrogens (tertiary/aromatic N) is 1. The monoisotopic (exact) mass is 729 g/mol. The fourth-order valence-corrected chi connectivity index (χ4v) is 9.22. The number of para-hydroxylation sites is 1. The molecule has 1 aromatic heterocycles. The van der Waals surface area contributed by atoms with Gasteiger partial charge in [0, 0.05) is 33.1 Å². The summed E-state index contributed by atoms with van der Waals surface area (Å²) in [4.78, 5) is 2.47. The minimum absolute atomic E-state index is 0.155. The maximum absolute atomic E-state index is 6.59. The zero-order valence-corrected chi connectivity index (χ0v) is 31.9. The van der Waals surface area contributed by atoms with Gasteiger partial charge in [-0.1, -0.05) is 159 Å². The topological polar surface area (TPSA) is 16.4 Å². The summed E-state index contributed by atoms with van der Waals surface area (Å²) in [6.07, 6.45) is 0. The molecule has 0 saturated carbocycles. The van der Waals surface area contributed by atoms with E-state index in [-0.39, 0.29) is 5.41 Å². The Hall–Kier alpha value is -7.16. The first-order valence-electron chi connectivity index (χ1n) is 19.8. The predicted octanol–water partition coefficient (Wildman–Crippen LogP) is 15.5. The molecule has 2 nitrogen and oxygen atoms in total. The largest absolute Gasteiger partial charge is 0.456 e. The Morgan fingerprint density at radius 2 is 1.07 bits per heavy atom. The fraction of sp³-hybridized carbons (Fsp3) is 0.0545. The Morgan fingerprint density at radius 3 is 1.96 bits per heavy atom. The third-order valence-corrected chi connectivity index (χ3v) is 12.0. The van der Waals surface area contributed by atoms with E-state index in [2.05, 4.69) is 219 Å². The Kier molecular flexibility index (Phi) is 7.55. The van der Waals surface area contributed by atoms with Crippen LogP contribution in [0.25, 0.3) is 77.2 Å². The highest BCUT2D eigenvalue weighted by atomic mass is 16.3. The van der Waals surface area contributed by atoms with Crippen molar-refractivity contribution in [3.05, 3.63) is 211 Å². The molecule has 0 bridgehead atoms. The number of hydrogen-bond donors (Lipinski definition) is 0. The van der Waals surface area contributed by atoms with Crippen LogP contribution in [0.15, 0.2) is 205 Å². The van der Waals surface area contributed by atoms with E-state index in [1.165, 1.54) is 55.3 Å². The van der Waals surface area contributed by atoms with Crippen LogP contribution in [0.3, 0.4) is 0 Å². The molecule has 57 heavy (non-hydrogen) atoms. The molecule has 0 atom stereocenters. The molecule has 1 aliphatic carbocycles. The SMILES string of the molecule is CC1(C)c2ccccc2-c2ccc(N(c3cccc(-c4ccc5ccccc5c4)c3)c3ccc4oc5ccccc5c4c3-c3cccc(-c4ccccc4)c3)cc21. The molecule has 0 radical (unpaired) electrons. The van der Waals surface area contributed by atoms with Gasteiger partial charge >= 0.3 is 0 Å². The molecular formula is C55H39NO. The second-order valence-corrected chi connectivity index (χ2v) is 15.7. The molecule has 0 fully saturated rings. The van der Waals surface area contributed by atoms with Gasteiger partial charge in [-0.05, 0) is 115 Å². The maximum Gasteiger partial charge on any atom is 0.136 e. The molecule has 11 rings (SSSR count). The number of benzene rings is 9. The standard InChI is InChI=1S/C55H39NO/c1-55(2)48-24-10-8-22-45(48)46-29-28-44(35-49(46)55)56(43-21-13-19-40(34-43)41-27-26-37-16-6-7-17-38(37)32-41)50-30-31-52-54(47-23-9-11-25-51(47)57-52)53(50)42-20-12-18-39(33-42)36-14-4-3-5-15-36/h3-35H,1-2H3. The highest BCUT2D eigenvalue weighted by molar-refractivity contribution is 6.16. The van der Waals surface area contributed by atoms with Crippen molar-refractivity contribution in [3.8, 4) is 44.5 Å². The lowest BCUT2D eigenvalue weighted by Crippen LogP contribution is -2.17. The van der Waals surface area contributed by atoms with Crippen LogP contribution in [0.5, 0.6) is 0 Å². The second-order valence-electron chi connectivity index (χ2n) is 15.7. The van der Waals surface area contributed by atoms with Crippen LogP contribution in [0, 0.1) is 0 Å². The minimum atomic E-state index is -0.155. The molecule has 2 heteroatoms. The molecule has 270 valence electrons. The van der Waals surface area contributed by atoms with Crippen molar-refractivity contribution in [2.24, 2.45) is 0 Å². The number of anilines is 3. The van der Waals surface area contributed by atoms with Crippen molar-refractivity contribution in [2.75, 3.05) is 4.90 Å². The van der Waals surface area contributed by atoms with Crippen LogP contribution < -0.4 is 4.90 Å². The van der Waals surface area contributed by atoms with Crippen LogP contribution in [-0.2, 0) is 5.41 Å². The van der Waals surface area contributed by atoms with Gasteiger partial charge in [0.1, 0.15) is 11.2 Å². The van der Waals surface area contributed by atoms with Crippen molar-refractivity contribution in [1.82, 2.24) is 0 Å². The lowest BCUT2D eigenvalue weighted by molar-refractivity contribution is 0.660. The minimum Gasteiger partial charge on any atom is -0.456 e. The van der Waals surface area contributed by atoms with E-state index in [1.807, 2.05) is 0 Å². The first kappa shape index (κ1) is 33.2. The second kappa shape index (κ2) is 13.0. The Bertz CT molecular complexity index is 3170. The third kappa shape index (κ3) is 5.40. The van der Waals surface area contributed by atoms with Gasteiger partial charge in [0.2, 0.25) is 0 Å². The maximum atomic E-state index is 6.59. The average Bonchev–Trinajstić information content (AvgIpc) is 3.76. The average molecular weight is 730 g/mol. The highest BCUT2D eigenvalue weighted by Gasteiger charge is 2.36. The van der Waals surface area contributed by atoms with Gasteiger partial charge < -0.3 is 9.32 Å². The van der Waals surface area contributed by atoms with Crippen molar-refractivity contribution in [2.45, 2.75) is 19.3 Å². The zero-order valence-electron chi connectivity index (χ0n) is 31.9. The van der Waals surface area contributed by atoms with Gasteiger partial charge in [-0.15, -0.1) is 0 Å². The van der Waals surface area contributed by atoms with Crippen LogP contribution in [-0.4, -0.2) is 0 Å². The van der Waals surface area contributed by atoms with E-state index in [0.29, 0.717) is 0 Å². The molecule has 1 heterocycles. The van der Waals surface area contributed by atoms with Crippen molar-refractivity contribution in [1.29, 1.82) is 0 Å². The van der Waals surface area contributed by atoms with Crippen molar-refractivity contribution >= 4 is 49.8 Å². The molecule has 0 unspecified atom stereocenters. The molecule has 0 amide bonds. The van der Waals surface area contributed by atoms with Crippen LogP contribution in [0.1, 0.15) is 25.0 Å². The lowest BCUT2D eigenvalue weighted by atomic mass is 9.82. The number of rotatable bonds is 6. The molecular weight excluding hydrogens is 691 g/mol. The summed E-state index contributed by atoms with van der Waals surface area (Å²) < 4.78 is 6.59. The summed E-state index contributed by atoms with van der Waals surface area (Å²) in [6.45, 7) is 4.71. The van der Waals surface area contributed by atoms with Gasteiger partial charge in [-0.3, -0.25) is 0 Å². The molecule has 10 aromatic rings. The van der Waals surface area contributed by atoms with E-state index < -0.39 is 0 Å². The molecule has 9 aromatic carbocycles. The summed E-state index contributed by atoms with van der Waals surface area (Å²) in [5.41, 5.74) is 17.2. The zero-order chi connectivity index (χ0) is 38.1. The van der Waals surface area contributed by atoms with Crippen molar-refractivity contribution < 1.29 is 4.42 Å². The molecule has 0 saturated heterocycles. The number of hydrogen-bond acceptors (Lipinski definition) is 2. The summed E-state index contributed by atoms with van der Waals surface area (Å²) in [6, 6.07) is 72.8. The van der Waals surface area contributed by atoms with E-state index in [4.69, 9.17) is 4.42 Å². The van der Waals surface area contributed by atoms with Crippen LogP contribution in [0.2, 0.25) is 0 Å². The normalized spacial score (nSPS) is 12.9. The first-order valence-corrected chi connectivity index (χ1v) is 19.8. The molecule has 0 aliphatic heterocycles. The summed E-state index contributed by atoms with van der Waals surface area (Å²) in [5.74, 6) is 0. The fourth-order valence-electron chi connectivity index (χ4n) is 9.22. The van der Waals surface area contributed by atoms with Gasteiger partial charge in [0.25, 0.3) is 0 Å². The van der Waals surface area contributed by atoms with Crippen molar-refractivity contribution in [3.63, 3.8) is 0 Å². The van der Waals surface area contributed by atoms with Gasteiger partial charge in [-0.2, -0.15) is 0 Å². The third-order valence-electron chi connectivity index (χ3n) is 12.0. The van der Waals surface area contributed by atoms with E-state index in [1.54, 1.807) is 0 Å². The summed E-state index contributed by atoms with van der Waals surface area (Å²) >= 11 is 0. The number of furan rings is 1. The quantitative estimate of drug-likeness (QED) is 0.169. The van der Waals surface area contributed by atoms with E-state index in [0.717, 1.165) is 50.1 Å². The Balaban J connectivity index is 1.19. The highest BCUT2D eigenvalue weighted by Crippen LogP contribution is 2.52. The van der Waals surface area contributed by atoms with Crippen LogP contribution in [0.4, 0.5) is 17.1 Å². The van der Waals surface area contributed by atoms with E-state index in [9.17, 15) is 0 Å². The molecule has 0 spiro atoms. The Labute approximate surface area is 332 Å². The molecule has 1 aliphatic rings. The molecule has 0 N–H and O–H groups in total.